The van der Waals surface area contributed by atoms with Crippen molar-refractivity contribution in [2.24, 2.45) is 0 Å². The van der Waals surface area contributed by atoms with Crippen LogP contribution in [0.15, 0.2) is 0 Å². The van der Waals surface area contributed by atoms with Crippen molar-refractivity contribution in [1.29, 1.82) is 5.26 Å². The van der Waals surface area contributed by atoms with Crippen LogP contribution in [0.5, 0.6) is 0 Å². The quantitative estimate of drug-likeness (QED) is 0.654. The summed E-state index contributed by atoms with van der Waals surface area (Å²) in [5, 5.41) is 11.9. The number of rotatable bonds is 2. The molecular weight excluding hydrogens is 150 g/mol. The van der Waals surface area contributed by atoms with Gasteiger partial charge in [0, 0.05) is 31.7 Å². The predicted octanol–water partition coefficient (Wildman–Crippen LogP) is 0.582. The fourth-order valence-corrected chi connectivity index (χ4v) is 1.76. The lowest BCUT2D eigenvalue weighted by atomic mass is 10.1. The first-order valence-electron chi connectivity index (χ1n) is 4.59. The van der Waals surface area contributed by atoms with Gasteiger partial charge in [0.2, 0.25) is 0 Å². The molecule has 68 valence electrons. The van der Waals surface area contributed by atoms with Crippen LogP contribution < -0.4 is 5.32 Å². The summed E-state index contributed by atoms with van der Waals surface area (Å²) in [5.74, 6) is 0. The van der Waals surface area contributed by atoms with Crippen molar-refractivity contribution in [3.63, 3.8) is 0 Å². The van der Waals surface area contributed by atoms with Gasteiger partial charge in [-0.05, 0) is 13.8 Å². The van der Waals surface area contributed by atoms with E-state index in [0.717, 1.165) is 19.6 Å². The summed E-state index contributed by atoms with van der Waals surface area (Å²) < 4.78 is 0. The molecule has 1 aliphatic rings. The maximum absolute atomic E-state index is 8.56. The van der Waals surface area contributed by atoms with Crippen LogP contribution in [0.25, 0.3) is 0 Å². The minimum atomic E-state index is 0.409. The average molecular weight is 167 g/mol. The smallest absolute Gasteiger partial charge is 0.0638 e. The first-order valence-corrected chi connectivity index (χ1v) is 4.59. The van der Waals surface area contributed by atoms with Gasteiger partial charge in [0.15, 0.2) is 0 Å². The number of hydrogen-bond acceptors (Lipinski definition) is 3. The first-order chi connectivity index (χ1) is 5.75. The molecule has 0 spiro atoms. The summed E-state index contributed by atoms with van der Waals surface area (Å²) in [6.07, 6.45) is 0.643. The van der Waals surface area contributed by atoms with Crippen LogP contribution in [-0.2, 0) is 0 Å². The molecule has 1 aliphatic heterocycles. The molecule has 3 nitrogen and oxygen atoms in total. The fraction of sp³-hybridized carbons (Fsp3) is 0.889. The van der Waals surface area contributed by atoms with Crippen LogP contribution in [0.3, 0.4) is 0 Å². The molecule has 1 saturated heterocycles. The van der Waals surface area contributed by atoms with Crippen molar-refractivity contribution in [2.45, 2.75) is 32.4 Å². The van der Waals surface area contributed by atoms with Crippen molar-refractivity contribution in [2.75, 3.05) is 19.6 Å². The summed E-state index contributed by atoms with van der Waals surface area (Å²) in [6, 6.07) is 3.20. The minimum Gasteiger partial charge on any atom is -0.314 e. The number of nitrogens with zero attached hydrogens (tertiary/aromatic N) is 2. The Hall–Kier alpha value is -0.590. The number of nitriles is 1. The summed E-state index contributed by atoms with van der Waals surface area (Å²) in [6.45, 7) is 7.52. The lowest BCUT2D eigenvalue weighted by Crippen LogP contribution is -2.53. The van der Waals surface area contributed by atoms with E-state index in [4.69, 9.17) is 5.26 Å². The van der Waals surface area contributed by atoms with Gasteiger partial charge in [-0.25, -0.2) is 0 Å². The van der Waals surface area contributed by atoms with Gasteiger partial charge in [-0.1, -0.05) is 0 Å². The highest BCUT2D eigenvalue weighted by atomic mass is 15.2. The Morgan fingerprint density at radius 3 is 3.08 bits per heavy atom. The Balaban J connectivity index is 2.43. The number of hydrogen-bond donors (Lipinski definition) is 1. The molecule has 1 unspecified atom stereocenters. The van der Waals surface area contributed by atoms with E-state index in [-0.39, 0.29) is 0 Å². The standard InChI is InChI=1S/C9H17N3/c1-8(3-4-10)12-6-5-11-7-9(12)2/h8-9,11H,3,5-7H2,1-2H3/t8?,9-/m0/s1. The fourth-order valence-electron chi connectivity index (χ4n) is 1.76. The van der Waals surface area contributed by atoms with Gasteiger partial charge >= 0.3 is 0 Å². The van der Waals surface area contributed by atoms with Crippen molar-refractivity contribution < 1.29 is 0 Å². The molecule has 1 heterocycles. The first kappa shape index (κ1) is 9.50. The summed E-state index contributed by atoms with van der Waals surface area (Å²) in [7, 11) is 0. The Bertz CT molecular complexity index is 173. The van der Waals surface area contributed by atoms with Crippen LogP contribution in [0.1, 0.15) is 20.3 Å². The zero-order chi connectivity index (χ0) is 8.97. The van der Waals surface area contributed by atoms with Gasteiger partial charge in [-0.2, -0.15) is 5.26 Å². The maximum atomic E-state index is 8.56. The highest BCUT2D eigenvalue weighted by Gasteiger charge is 2.22. The summed E-state index contributed by atoms with van der Waals surface area (Å²) in [5.41, 5.74) is 0. The van der Waals surface area contributed by atoms with E-state index in [1.165, 1.54) is 0 Å². The van der Waals surface area contributed by atoms with Crippen molar-refractivity contribution in [1.82, 2.24) is 10.2 Å². The van der Waals surface area contributed by atoms with Crippen LogP contribution in [0.2, 0.25) is 0 Å². The molecule has 0 aromatic rings. The minimum absolute atomic E-state index is 0.409. The van der Waals surface area contributed by atoms with Gasteiger partial charge in [0.25, 0.3) is 0 Å². The normalized spacial score (nSPS) is 27.9. The van der Waals surface area contributed by atoms with E-state index in [2.05, 4.69) is 30.1 Å². The van der Waals surface area contributed by atoms with Crippen LogP contribution in [-0.4, -0.2) is 36.6 Å². The topological polar surface area (TPSA) is 39.1 Å². The summed E-state index contributed by atoms with van der Waals surface area (Å²) in [4.78, 5) is 2.40. The monoisotopic (exact) mass is 167 g/mol. The third-order valence-electron chi connectivity index (χ3n) is 2.51. The van der Waals surface area contributed by atoms with Crippen molar-refractivity contribution in [3.05, 3.63) is 0 Å². The second-order valence-corrected chi connectivity index (χ2v) is 3.50. The molecule has 1 N–H and O–H groups in total. The van der Waals surface area contributed by atoms with Crippen molar-refractivity contribution >= 4 is 0 Å². The largest absolute Gasteiger partial charge is 0.314 e. The van der Waals surface area contributed by atoms with Crippen LogP contribution in [0, 0.1) is 11.3 Å². The second kappa shape index (κ2) is 4.44. The molecule has 0 aliphatic carbocycles. The van der Waals surface area contributed by atoms with E-state index in [0.29, 0.717) is 18.5 Å². The Kier molecular flexibility index (Phi) is 3.51. The molecule has 2 atom stereocenters. The van der Waals surface area contributed by atoms with E-state index < -0.39 is 0 Å². The third kappa shape index (κ3) is 2.20. The molecular formula is C9H17N3. The van der Waals surface area contributed by atoms with E-state index in [1.54, 1.807) is 0 Å². The van der Waals surface area contributed by atoms with Gasteiger partial charge < -0.3 is 5.32 Å². The number of piperazine rings is 1. The predicted molar refractivity (Wildman–Crippen MR) is 48.7 cm³/mol. The van der Waals surface area contributed by atoms with Crippen molar-refractivity contribution in [3.8, 4) is 6.07 Å². The molecule has 0 bridgehead atoms. The van der Waals surface area contributed by atoms with E-state index >= 15 is 0 Å². The highest BCUT2D eigenvalue weighted by molar-refractivity contribution is 4.85. The summed E-state index contributed by atoms with van der Waals surface area (Å²) >= 11 is 0. The molecule has 3 heteroatoms. The molecule has 0 aromatic heterocycles. The maximum Gasteiger partial charge on any atom is 0.0638 e. The van der Waals surface area contributed by atoms with Crippen LogP contribution >= 0.6 is 0 Å². The van der Waals surface area contributed by atoms with Gasteiger partial charge in [0.05, 0.1) is 12.5 Å². The SMILES string of the molecule is CC(CC#N)N1CCNC[C@@H]1C. The third-order valence-corrected chi connectivity index (χ3v) is 2.51. The highest BCUT2D eigenvalue weighted by Crippen LogP contribution is 2.09. The Morgan fingerprint density at radius 2 is 2.50 bits per heavy atom. The zero-order valence-electron chi connectivity index (χ0n) is 7.88. The average Bonchev–Trinajstić information content (AvgIpc) is 2.05. The Labute approximate surface area is 74.4 Å². The Morgan fingerprint density at radius 1 is 1.75 bits per heavy atom. The number of nitrogens with one attached hydrogen (secondary N) is 1. The molecule has 12 heavy (non-hydrogen) atoms. The molecule has 0 saturated carbocycles. The van der Waals surface area contributed by atoms with E-state index in [9.17, 15) is 0 Å². The molecule has 0 aromatic carbocycles. The van der Waals surface area contributed by atoms with E-state index in [1.807, 2.05) is 0 Å². The zero-order valence-corrected chi connectivity index (χ0v) is 7.88. The molecule has 1 fully saturated rings. The lowest BCUT2D eigenvalue weighted by molar-refractivity contribution is 0.128. The van der Waals surface area contributed by atoms with Gasteiger partial charge in [-0.3, -0.25) is 4.90 Å². The molecule has 0 amide bonds. The molecule has 0 radical (unpaired) electrons. The molecule has 1 rings (SSSR count). The van der Waals surface area contributed by atoms with Gasteiger partial charge in [-0.15, -0.1) is 0 Å². The van der Waals surface area contributed by atoms with Gasteiger partial charge in [0.1, 0.15) is 0 Å². The lowest BCUT2D eigenvalue weighted by Gasteiger charge is -2.37. The second-order valence-electron chi connectivity index (χ2n) is 3.50. The van der Waals surface area contributed by atoms with Crippen LogP contribution in [0.4, 0.5) is 0 Å².